The molecule has 0 bridgehead atoms. The Morgan fingerprint density at radius 3 is 2.71 bits per heavy atom. The van der Waals surface area contributed by atoms with Gasteiger partial charge in [0, 0.05) is 13.1 Å². The number of benzene rings is 1. The van der Waals surface area contributed by atoms with Crippen molar-refractivity contribution in [2.24, 2.45) is 5.92 Å². The van der Waals surface area contributed by atoms with Crippen molar-refractivity contribution in [3.05, 3.63) is 35.4 Å². The highest BCUT2D eigenvalue weighted by Gasteiger charge is 2.20. The smallest absolute Gasteiger partial charge is 0.0205 e. The Balaban J connectivity index is 1.68. The molecule has 1 atom stereocenters. The molecule has 1 aliphatic heterocycles. The number of aryl methyl sites for hydroxylation is 1. The SMILES string of the molecule is CCN1CCC(CNCc2ccc(C)cc2)C1. The summed E-state index contributed by atoms with van der Waals surface area (Å²) < 4.78 is 0. The van der Waals surface area contributed by atoms with Gasteiger partial charge in [-0.3, -0.25) is 0 Å². The predicted molar refractivity (Wildman–Crippen MR) is 73.1 cm³/mol. The molecule has 1 N–H and O–H groups in total. The lowest BCUT2D eigenvalue weighted by Gasteiger charge is -2.13. The quantitative estimate of drug-likeness (QED) is 0.839. The van der Waals surface area contributed by atoms with Gasteiger partial charge in [-0.1, -0.05) is 36.8 Å². The lowest BCUT2D eigenvalue weighted by Crippen LogP contribution is -2.26. The molecular weight excluding hydrogens is 208 g/mol. The van der Waals surface area contributed by atoms with Crippen LogP contribution in [-0.4, -0.2) is 31.1 Å². The van der Waals surface area contributed by atoms with E-state index >= 15 is 0 Å². The summed E-state index contributed by atoms with van der Waals surface area (Å²) in [6, 6.07) is 8.81. The molecule has 1 aromatic carbocycles. The fraction of sp³-hybridized carbons (Fsp3) is 0.600. The summed E-state index contributed by atoms with van der Waals surface area (Å²) in [5.74, 6) is 0.848. The van der Waals surface area contributed by atoms with Crippen molar-refractivity contribution >= 4 is 0 Å². The largest absolute Gasteiger partial charge is 0.312 e. The summed E-state index contributed by atoms with van der Waals surface area (Å²) in [6.45, 7) is 10.3. The first-order valence-electron chi connectivity index (χ1n) is 6.76. The summed E-state index contributed by atoms with van der Waals surface area (Å²) in [5, 5.41) is 3.58. The minimum absolute atomic E-state index is 0.848. The average molecular weight is 232 g/mol. The highest BCUT2D eigenvalue weighted by atomic mass is 15.1. The van der Waals surface area contributed by atoms with Crippen LogP contribution in [0.2, 0.25) is 0 Å². The maximum absolute atomic E-state index is 3.58. The van der Waals surface area contributed by atoms with E-state index in [-0.39, 0.29) is 0 Å². The molecule has 0 spiro atoms. The van der Waals surface area contributed by atoms with Gasteiger partial charge in [-0.25, -0.2) is 0 Å². The van der Waals surface area contributed by atoms with Crippen LogP contribution in [0.25, 0.3) is 0 Å². The van der Waals surface area contributed by atoms with E-state index in [1.165, 1.54) is 37.2 Å². The van der Waals surface area contributed by atoms with E-state index in [0.29, 0.717) is 0 Å². The van der Waals surface area contributed by atoms with Crippen LogP contribution in [0, 0.1) is 12.8 Å². The summed E-state index contributed by atoms with van der Waals surface area (Å²) in [7, 11) is 0. The average Bonchev–Trinajstić information content (AvgIpc) is 2.80. The molecule has 0 saturated carbocycles. The summed E-state index contributed by atoms with van der Waals surface area (Å²) in [4.78, 5) is 2.54. The molecule has 1 heterocycles. The first-order valence-corrected chi connectivity index (χ1v) is 6.76. The van der Waals surface area contributed by atoms with Gasteiger partial charge in [-0.15, -0.1) is 0 Å². The highest BCUT2D eigenvalue weighted by molar-refractivity contribution is 5.21. The normalized spacial score (nSPS) is 20.9. The minimum Gasteiger partial charge on any atom is -0.312 e. The second-order valence-corrected chi connectivity index (χ2v) is 5.16. The molecule has 1 aliphatic rings. The van der Waals surface area contributed by atoms with Crippen molar-refractivity contribution in [3.63, 3.8) is 0 Å². The van der Waals surface area contributed by atoms with E-state index in [9.17, 15) is 0 Å². The Hall–Kier alpha value is -0.860. The van der Waals surface area contributed by atoms with Crippen molar-refractivity contribution in [2.75, 3.05) is 26.2 Å². The van der Waals surface area contributed by atoms with E-state index in [2.05, 4.69) is 48.3 Å². The zero-order valence-electron chi connectivity index (χ0n) is 11.1. The van der Waals surface area contributed by atoms with Crippen molar-refractivity contribution in [1.29, 1.82) is 0 Å². The molecule has 0 aromatic heterocycles. The zero-order chi connectivity index (χ0) is 12.1. The monoisotopic (exact) mass is 232 g/mol. The first-order chi connectivity index (χ1) is 8.28. The molecule has 0 radical (unpaired) electrons. The Labute approximate surface area is 105 Å². The van der Waals surface area contributed by atoms with Crippen LogP contribution in [0.5, 0.6) is 0 Å². The second-order valence-electron chi connectivity index (χ2n) is 5.16. The molecule has 1 saturated heterocycles. The Morgan fingerprint density at radius 2 is 2.06 bits per heavy atom. The molecular formula is C15H24N2. The third-order valence-electron chi connectivity index (χ3n) is 3.70. The van der Waals surface area contributed by atoms with Crippen LogP contribution < -0.4 is 5.32 Å². The molecule has 1 aromatic rings. The van der Waals surface area contributed by atoms with Gasteiger partial charge in [0.25, 0.3) is 0 Å². The van der Waals surface area contributed by atoms with Gasteiger partial charge in [0.2, 0.25) is 0 Å². The molecule has 0 aliphatic carbocycles. The molecule has 1 fully saturated rings. The number of nitrogens with one attached hydrogen (secondary N) is 1. The standard InChI is InChI=1S/C15H24N2/c1-3-17-9-8-15(12-17)11-16-10-14-6-4-13(2)5-7-14/h4-7,15-16H,3,8-12H2,1-2H3. The first kappa shape index (κ1) is 12.6. The Morgan fingerprint density at radius 1 is 1.29 bits per heavy atom. The molecule has 0 amide bonds. The fourth-order valence-electron chi connectivity index (χ4n) is 2.49. The molecule has 2 rings (SSSR count). The summed E-state index contributed by atoms with van der Waals surface area (Å²) >= 11 is 0. The zero-order valence-corrected chi connectivity index (χ0v) is 11.1. The number of likely N-dealkylation sites (tertiary alicyclic amines) is 1. The highest BCUT2D eigenvalue weighted by Crippen LogP contribution is 2.14. The van der Waals surface area contributed by atoms with Gasteiger partial charge in [0.15, 0.2) is 0 Å². The number of nitrogens with zero attached hydrogens (tertiary/aromatic N) is 1. The molecule has 2 nitrogen and oxygen atoms in total. The van der Waals surface area contributed by atoms with Gasteiger partial charge in [0.1, 0.15) is 0 Å². The maximum atomic E-state index is 3.58. The van der Waals surface area contributed by atoms with Crippen LogP contribution in [0.1, 0.15) is 24.5 Å². The fourth-order valence-corrected chi connectivity index (χ4v) is 2.49. The van der Waals surface area contributed by atoms with Gasteiger partial charge in [-0.05, 0) is 44.5 Å². The van der Waals surface area contributed by atoms with Crippen molar-refractivity contribution in [3.8, 4) is 0 Å². The maximum Gasteiger partial charge on any atom is 0.0205 e. The number of hydrogen-bond acceptors (Lipinski definition) is 2. The van der Waals surface area contributed by atoms with Crippen LogP contribution in [0.4, 0.5) is 0 Å². The van der Waals surface area contributed by atoms with Crippen molar-refractivity contribution < 1.29 is 0 Å². The third kappa shape index (κ3) is 3.83. The lowest BCUT2D eigenvalue weighted by atomic mass is 10.1. The Bertz CT molecular complexity index is 331. The van der Waals surface area contributed by atoms with Crippen LogP contribution >= 0.6 is 0 Å². The van der Waals surface area contributed by atoms with Gasteiger partial charge < -0.3 is 10.2 Å². The minimum atomic E-state index is 0.848. The van der Waals surface area contributed by atoms with E-state index in [0.717, 1.165) is 19.0 Å². The van der Waals surface area contributed by atoms with Crippen molar-refractivity contribution in [2.45, 2.75) is 26.8 Å². The lowest BCUT2D eigenvalue weighted by molar-refractivity contribution is 0.339. The van der Waals surface area contributed by atoms with Gasteiger partial charge >= 0.3 is 0 Å². The van der Waals surface area contributed by atoms with Crippen LogP contribution in [0.15, 0.2) is 24.3 Å². The molecule has 2 heteroatoms. The summed E-state index contributed by atoms with van der Waals surface area (Å²) in [5.41, 5.74) is 2.73. The second kappa shape index (κ2) is 6.18. The Kier molecular flexibility index (Phi) is 4.57. The van der Waals surface area contributed by atoms with Gasteiger partial charge in [-0.2, -0.15) is 0 Å². The van der Waals surface area contributed by atoms with E-state index < -0.39 is 0 Å². The molecule has 17 heavy (non-hydrogen) atoms. The number of hydrogen-bond donors (Lipinski definition) is 1. The molecule has 94 valence electrons. The molecule has 1 unspecified atom stereocenters. The summed E-state index contributed by atoms with van der Waals surface area (Å²) in [6.07, 6.45) is 1.36. The van der Waals surface area contributed by atoms with E-state index in [1.807, 2.05) is 0 Å². The number of rotatable bonds is 5. The van der Waals surface area contributed by atoms with Crippen LogP contribution in [-0.2, 0) is 6.54 Å². The van der Waals surface area contributed by atoms with Gasteiger partial charge in [0.05, 0.1) is 0 Å². The van der Waals surface area contributed by atoms with Crippen LogP contribution in [0.3, 0.4) is 0 Å². The van der Waals surface area contributed by atoms with Crippen molar-refractivity contribution in [1.82, 2.24) is 10.2 Å². The topological polar surface area (TPSA) is 15.3 Å². The van der Waals surface area contributed by atoms with E-state index in [4.69, 9.17) is 0 Å². The third-order valence-corrected chi connectivity index (χ3v) is 3.70. The van der Waals surface area contributed by atoms with E-state index in [1.54, 1.807) is 0 Å². The predicted octanol–water partition coefficient (Wildman–Crippen LogP) is 2.43.